The molecule has 7 heteroatoms. The molecular formula is C20H22N4O2S. The Kier molecular flexibility index (Phi) is 5.05. The third-order valence-electron chi connectivity index (χ3n) is 4.83. The lowest BCUT2D eigenvalue weighted by molar-refractivity contribution is 0.569. The number of benzene rings is 2. The average Bonchev–Trinajstić information content (AvgIpc) is 2.73. The molecule has 27 heavy (non-hydrogen) atoms. The largest absolute Gasteiger partial charge is 0.357 e. The van der Waals surface area contributed by atoms with Crippen molar-refractivity contribution in [2.75, 3.05) is 18.0 Å². The zero-order chi connectivity index (χ0) is 18.7. The van der Waals surface area contributed by atoms with Crippen molar-refractivity contribution in [3.8, 4) is 0 Å². The first-order valence-electron chi connectivity index (χ1n) is 9.18. The van der Waals surface area contributed by atoms with E-state index in [0.29, 0.717) is 11.2 Å². The van der Waals surface area contributed by atoms with E-state index in [2.05, 4.69) is 19.6 Å². The molecule has 6 nitrogen and oxygen atoms in total. The van der Waals surface area contributed by atoms with Gasteiger partial charge in [-0.25, -0.2) is 23.1 Å². The summed E-state index contributed by atoms with van der Waals surface area (Å²) >= 11 is 0. The highest BCUT2D eigenvalue weighted by Gasteiger charge is 2.18. The minimum Gasteiger partial charge on any atom is -0.357 e. The van der Waals surface area contributed by atoms with Crippen molar-refractivity contribution in [2.24, 2.45) is 0 Å². The molecule has 2 heterocycles. The van der Waals surface area contributed by atoms with E-state index in [-0.39, 0.29) is 11.4 Å². The second kappa shape index (κ2) is 7.62. The van der Waals surface area contributed by atoms with E-state index < -0.39 is 10.0 Å². The summed E-state index contributed by atoms with van der Waals surface area (Å²) in [7, 11) is -3.67. The van der Waals surface area contributed by atoms with E-state index in [1.807, 2.05) is 36.4 Å². The molecule has 0 radical (unpaired) electrons. The van der Waals surface area contributed by atoms with Crippen molar-refractivity contribution >= 4 is 26.6 Å². The zero-order valence-corrected chi connectivity index (χ0v) is 15.8. The second-order valence-electron chi connectivity index (χ2n) is 6.68. The first-order chi connectivity index (χ1) is 13.1. The lowest BCUT2D eigenvalue weighted by atomic mass is 10.1. The number of fused-ring (bicyclic) bond motifs is 1. The summed E-state index contributed by atoms with van der Waals surface area (Å²) in [6.45, 7) is 2.03. The molecule has 0 aliphatic carbocycles. The molecule has 0 saturated carbocycles. The fourth-order valence-corrected chi connectivity index (χ4v) is 4.65. The van der Waals surface area contributed by atoms with Gasteiger partial charge in [-0.1, -0.05) is 36.4 Å². The van der Waals surface area contributed by atoms with Crippen LogP contribution in [0.25, 0.3) is 10.8 Å². The van der Waals surface area contributed by atoms with Gasteiger partial charge < -0.3 is 4.90 Å². The highest BCUT2D eigenvalue weighted by atomic mass is 32.2. The molecule has 1 aliphatic heterocycles. The van der Waals surface area contributed by atoms with Crippen LogP contribution in [0.5, 0.6) is 0 Å². The van der Waals surface area contributed by atoms with E-state index >= 15 is 0 Å². The monoisotopic (exact) mass is 382 g/mol. The van der Waals surface area contributed by atoms with Crippen molar-refractivity contribution < 1.29 is 8.42 Å². The summed E-state index contributed by atoms with van der Waals surface area (Å²) < 4.78 is 28.3. The lowest BCUT2D eigenvalue weighted by Gasteiger charge is -2.27. The fourth-order valence-electron chi connectivity index (χ4n) is 3.44. The SMILES string of the molecule is O=S(=O)(NCc1nccc(N2CCCCC2)n1)c1cccc2ccccc12. The molecule has 0 bridgehead atoms. The van der Waals surface area contributed by atoms with E-state index in [1.165, 1.54) is 6.42 Å². The van der Waals surface area contributed by atoms with Crippen LogP contribution in [0.1, 0.15) is 25.1 Å². The van der Waals surface area contributed by atoms with E-state index in [4.69, 9.17) is 0 Å². The smallest absolute Gasteiger partial charge is 0.241 e. The van der Waals surface area contributed by atoms with Gasteiger partial charge in [0.2, 0.25) is 10.0 Å². The van der Waals surface area contributed by atoms with Crippen LogP contribution in [0.4, 0.5) is 5.82 Å². The fraction of sp³-hybridized carbons (Fsp3) is 0.300. The van der Waals surface area contributed by atoms with Gasteiger partial charge in [0.15, 0.2) is 0 Å². The Morgan fingerprint density at radius 2 is 1.74 bits per heavy atom. The Balaban J connectivity index is 1.54. The topological polar surface area (TPSA) is 75.2 Å². The standard InChI is InChI=1S/C20H22N4O2S/c25-27(26,18-10-6-8-16-7-2-3-9-17(16)18)22-15-19-21-12-11-20(23-19)24-13-4-1-5-14-24/h2-3,6-12,22H,1,4-5,13-15H2. The maximum Gasteiger partial charge on any atom is 0.241 e. The highest BCUT2D eigenvalue weighted by molar-refractivity contribution is 7.89. The zero-order valence-electron chi connectivity index (χ0n) is 15.0. The van der Waals surface area contributed by atoms with Crippen LogP contribution in [0.3, 0.4) is 0 Å². The number of aromatic nitrogens is 2. The molecule has 140 valence electrons. The van der Waals surface area contributed by atoms with Crippen LogP contribution in [-0.4, -0.2) is 31.5 Å². The first-order valence-corrected chi connectivity index (χ1v) is 10.7. The Bertz CT molecular complexity index is 1040. The van der Waals surface area contributed by atoms with Gasteiger partial charge in [0.05, 0.1) is 11.4 Å². The summed E-state index contributed by atoms with van der Waals surface area (Å²) in [5.74, 6) is 1.34. The molecule has 4 rings (SSSR count). The van der Waals surface area contributed by atoms with Gasteiger partial charge in [0.1, 0.15) is 11.6 Å². The van der Waals surface area contributed by atoms with Gasteiger partial charge in [0, 0.05) is 24.7 Å². The molecule has 0 atom stereocenters. The van der Waals surface area contributed by atoms with Crippen LogP contribution in [0.2, 0.25) is 0 Å². The predicted octanol–water partition coefficient (Wildman–Crippen LogP) is 3.10. The van der Waals surface area contributed by atoms with Crippen LogP contribution in [-0.2, 0) is 16.6 Å². The molecule has 0 amide bonds. The number of rotatable bonds is 5. The third kappa shape index (κ3) is 3.94. The molecule has 3 aromatic rings. The summed E-state index contributed by atoms with van der Waals surface area (Å²) in [5, 5.41) is 1.60. The Morgan fingerprint density at radius 1 is 0.963 bits per heavy atom. The average molecular weight is 382 g/mol. The molecule has 1 aromatic heterocycles. The van der Waals surface area contributed by atoms with Gasteiger partial charge >= 0.3 is 0 Å². The summed E-state index contributed by atoms with van der Waals surface area (Å²) in [5.41, 5.74) is 0. The number of piperidine rings is 1. The quantitative estimate of drug-likeness (QED) is 0.734. The normalized spacial score (nSPS) is 15.2. The van der Waals surface area contributed by atoms with Crippen LogP contribution >= 0.6 is 0 Å². The van der Waals surface area contributed by atoms with Gasteiger partial charge in [0.25, 0.3) is 0 Å². The molecule has 0 unspecified atom stereocenters. The molecule has 1 aliphatic rings. The Hall–Kier alpha value is -2.51. The highest BCUT2D eigenvalue weighted by Crippen LogP contribution is 2.23. The van der Waals surface area contributed by atoms with E-state index in [9.17, 15) is 8.42 Å². The Labute approximate surface area is 159 Å². The van der Waals surface area contributed by atoms with Crippen molar-refractivity contribution in [3.05, 3.63) is 60.6 Å². The van der Waals surface area contributed by atoms with Crippen molar-refractivity contribution in [3.63, 3.8) is 0 Å². The maximum atomic E-state index is 12.8. The maximum absolute atomic E-state index is 12.8. The number of nitrogens with zero attached hydrogens (tertiary/aromatic N) is 3. The van der Waals surface area contributed by atoms with Crippen molar-refractivity contribution in [1.29, 1.82) is 0 Å². The number of hydrogen-bond donors (Lipinski definition) is 1. The van der Waals surface area contributed by atoms with Gasteiger partial charge in [-0.05, 0) is 36.8 Å². The van der Waals surface area contributed by atoms with Crippen LogP contribution in [0.15, 0.2) is 59.6 Å². The van der Waals surface area contributed by atoms with E-state index in [0.717, 1.165) is 37.1 Å². The summed E-state index contributed by atoms with van der Waals surface area (Å²) in [6.07, 6.45) is 5.26. The van der Waals surface area contributed by atoms with Crippen molar-refractivity contribution in [1.82, 2.24) is 14.7 Å². The second-order valence-corrected chi connectivity index (χ2v) is 8.42. The molecule has 1 N–H and O–H groups in total. The lowest BCUT2D eigenvalue weighted by Crippen LogP contribution is -2.31. The molecule has 0 spiro atoms. The minimum absolute atomic E-state index is 0.0627. The van der Waals surface area contributed by atoms with Crippen LogP contribution in [0, 0.1) is 0 Å². The summed E-state index contributed by atoms with van der Waals surface area (Å²) in [6, 6.07) is 14.6. The number of sulfonamides is 1. The van der Waals surface area contributed by atoms with Crippen molar-refractivity contribution in [2.45, 2.75) is 30.7 Å². The third-order valence-corrected chi connectivity index (χ3v) is 6.29. The van der Waals surface area contributed by atoms with Crippen LogP contribution < -0.4 is 9.62 Å². The van der Waals surface area contributed by atoms with E-state index in [1.54, 1.807) is 18.3 Å². The predicted molar refractivity (Wildman–Crippen MR) is 106 cm³/mol. The summed E-state index contributed by atoms with van der Waals surface area (Å²) in [4.78, 5) is 11.3. The van der Waals surface area contributed by atoms with Gasteiger partial charge in [-0.2, -0.15) is 0 Å². The molecule has 1 saturated heterocycles. The number of hydrogen-bond acceptors (Lipinski definition) is 5. The molecular weight excluding hydrogens is 360 g/mol. The minimum atomic E-state index is -3.67. The van der Waals surface area contributed by atoms with Gasteiger partial charge in [-0.3, -0.25) is 0 Å². The molecule has 1 fully saturated rings. The first kappa shape index (κ1) is 17.9. The van der Waals surface area contributed by atoms with Gasteiger partial charge in [-0.15, -0.1) is 0 Å². The molecule has 2 aromatic carbocycles. The number of nitrogens with one attached hydrogen (secondary N) is 1. The number of anilines is 1. The Morgan fingerprint density at radius 3 is 2.59 bits per heavy atom.